The van der Waals surface area contributed by atoms with Crippen LogP contribution in [0.1, 0.15) is 33.3 Å². The van der Waals surface area contributed by atoms with E-state index in [9.17, 15) is 9.59 Å². The van der Waals surface area contributed by atoms with Crippen LogP contribution in [-0.4, -0.2) is 26.8 Å². The Hall–Kier alpha value is -2.63. The number of rotatable bonds is 4. The number of aromatic carboxylic acids is 1. The molecule has 0 aliphatic rings. The number of carboxylic acids is 1. The number of hydrogen-bond donors (Lipinski definition) is 2. The molecule has 104 valence electrons. The summed E-state index contributed by atoms with van der Waals surface area (Å²) in [4.78, 5) is 23.1. The summed E-state index contributed by atoms with van der Waals surface area (Å²) in [5.41, 5.74) is 1.74. The zero-order valence-corrected chi connectivity index (χ0v) is 11.3. The van der Waals surface area contributed by atoms with Crippen LogP contribution in [0.2, 0.25) is 0 Å². The van der Waals surface area contributed by atoms with Crippen molar-refractivity contribution >= 4 is 17.6 Å². The van der Waals surface area contributed by atoms with Gasteiger partial charge in [-0.15, -0.1) is 0 Å². The molecule has 0 saturated heterocycles. The van der Waals surface area contributed by atoms with Gasteiger partial charge in [0.05, 0.1) is 11.9 Å². The molecular weight excluding hydrogens is 258 g/mol. The number of nitrogens with one attached hydrogen (secondary N) is 1. The van der Waals surface area contributed by atoms with Gasteiger partial charge in [0.1, 0.15) is 0 Å². The van der Waals surface area contributed by atoms with Crippen molar-refractivity contribution < 1.29 is 14.7 Å². The van der Waals surface area contributed by atoms with Gasteiger partial charge in [-0.2, -0.15) is 5.10 Å². The van der Waals surface area contributed by atoms with Crippen molar-refractivity contribution in [2.75, 3.05) is 5.32 Å². The molecule has 0 saturated carbocycles. The number of benzene rings is 1. The molecule has 0 fully saturated rings. The lowest BCUT2D eigenvalue weighted by molar-refractivity contribution is 0.0686. The summed E-state index contributed by atoms with van der Waals surface area (Å²) in [6, 6.07) is 7.17. The van der Waals surface area contributed by atoms with Crippen LogP contribution in [0.15, 0.2) is 30.5 Å². The lowest BCUT2D eigenvalue weighted by atomic mass is 10.1. The Morgan fingerprint density at radius 2 is 1.95 bits per heavy atom. The van der Waals surface area contributed by atoms with Crippen LogP contribution in [0.5, 0.6) is 0 Å². The highest BCUT2D eigenvalue weighted by Crippen LogP contribution is 2.15. The van der Waals surface area contributed by atoms with Crippen LogP contribution >= 0.6 is 0 Å². The van der Waals surface area contributed by atoms with Crippen LogP contribution in [0.3, 0.4) is 0 Å². The monoisotopic (exact) mass is 273 g/mol. The zero-order valence-electron chi connectivity index (χ0n) is 11.3. The molecule has 2 rings (SSSR count). The van der Waals surface area contributed by atoms with Crippen LogP contribution in [0.25, 0.3) is 0 Å². The van der Waals surface area contributed by atoms with E-state index in [-0.39, 0.29) is 17.3 Å². The number of nitrogens with zero attached hydrogens (tertiary/aromatic N) is 2. The number of amides is 1. The van der Waals surface area contributed by atoms with Gasteiger partial charge >= 0.3 is 5.97 Å². The lowest BCUT2D eigenvalue weighted by Gasteiger charge is -2.05. The summed E-state index contributed by atoms with van der Waals surface area (Å²) in [7, 11) is 1.51. The van der Waals surface area contributed by atoms with Crippen molar-refractivity contribution in [3.8, 4) is 0 Å². The average molecular weight is 273 g/mol. The fourth-order valence-corrected chi connectivity index (χ4v) is 1.87. The maximum atomic E-state index is 12.1. The Bertz CT molecular complexity index is 644. The Labute approximate surface area is 116 Å². The minimum absolute atomic E-state index is 0.0523. The number of aryl methyl sites for hydroxylation is 2. The highest BCUT2D eigenvalue weighted by Gasteiger charge is 2.18. The third-order valence-electron chi connectivity index (χ3n) is 3.01. The van der Waals surface area contributed by atoms with Gasteiger partial charge in [0.15, 0.2) is 5.69 Å². The van der Waals surface area contributed by atoms with Crippen molar-refractivity contribution in [3.63, 3.8) is 0 Å². The number of anilines is 1. The first-order valence-corrected chi connectivity index (χ1v) is 6.18. The summed E-state index contributed by atoms with van der Waals surface area (Å²) >= 11 is 0. The van der Waals surface area contributed by atoms with Gasteiger partial charge in [-0.25, -0.2) is 4.79 Å². The molecule has 20 heavy (non-hydrogen) atoms. The normalized spacial score (nSPS) is 10.3. The molecule has 0 atom stereocenters. The smallest absolute Gasteiger partial charge is 0.356 e. The van der Waals surface area contributed by atoms with Gasteiger partial charge in [0, 0.05) is 12.6 Å². The quantitative estimate of drug-likeness (QED) is 0.891. The van der Waals surface area contributed by atoms with Crippen molar-refractivity contribution in [1.82, 2.24) is 9.78 Å². The number of carboxylic acid groups (broad SMARTS) is 1. The third kappa shape index (κ3) is 2.69. The van der Waals surface area contributed by atoms with Crippen LogP contribution in [-0.2, 0) is 13.5 Å². The molecule has 0 bridgehead atoms. The average Bonchev–Trinajstić information content (AvgIpc) is 2.79. The summed E-state index contributed by atoms with van der Waals surface area (Å²) in [6.45, 7) is 2.03. The zero-order chi connectivity index (χ0) is 14.7. The van der Waals surface area contributed by atoms with Crippen molar-refractivity contribution in [2.24, 2.45) is 7.05 Å². The molecule has 6 nitrogen and oxygen atoms in total. The molecule has 1 aromatic carbocycles. The fourth-order valence-electron chi connectivity index (χ4n) is 1.87. The molecule has 1 amide bonds. The number of carbonyl (C=O) groups excluding carboxylic acids is 1. The van der Waals surface area contributed by atoms with Gasteiger partial charge in [-0.3, -0.25) is 9.48 Å². The highest BCUT2D eigenvalue weighted by molar-refractivity contribution is 6.07. The molecule has 0 aliphatic carbocycles. The molecule has 2 aromatic rings. The number of carbonyl (C=O) groups is 2. The Morgan fingerprint density at radius 1 is 1.30 bits per heavy atom. The predicted octanol–water partition coefficient (Wildman–Crippen LogP) is 1.93. The molecule has 2 N–H and O–H groups in total. The fraction of sp³-hybridized carbons (Fsp3) is 0.214. The molecule has 0 radical (unpaired) electrons. The molecular formula is C14H15N3O3. The standard InChI is InChI=1S/C14H15N3O3/c1-3-9-4-6-10(7-5-9)13(18)16-11-8-15-17(2)12(11)14(19)20/h4-8H,3H2,1-2H3,(H,16,18)(H,19,20). The first-order valence-electron chi connectivity index (χ1n) is 6.18. The van der Waals surface area contributed by atoms with E-state index in [4.69, 9.17) is 5.11 Å². The molecule has 1 heterocycles. The van der Waals surface area contributed by atoms with Crippen LogP contribution in [0, 0.1) is 0 Å². The lowest BCUT2D eigenvalue weighted by Crippen LogP contribution is -2.15. The van der Waals surface area contributed by atoms with E-state index in [1.54, 1.807) is 12.1 Å². The van der Waals surface area contributed by atoms with E-state index in [1.165, 1.54) is 17.9 Å². The maximum Gasteiger partial charge on any atom is 0.356 e. The maximum absolute atomic E-state index is 12.1. The van der Waals surface area contributed by atoms with Gasteiger partial charge in [-0.1, -0.05) is 19.1 Å². The minimum atomic E-state index is -1.14. The first-order chi connectivity index (χ1) is 9.52. The van der Waals surface area contributed by atoms with Crippen molar-refractivity contribution in [1.29, 1.82) is 0 Å². The molecule has 0 unspecified atom stereocenters. The van der Waals surface area contributed by atoms with E-state index in [0.29, 0.717) is 5.56 Å². The van der Waals surface area contributed by atoms with Gasteiger partial charge in [0.25, 0.3) is 5.91 Å². The van der Waals surface area contributed by atoms with Crippen molar-refractivity contribution in [3.05, 3.63) is 47.3 Å². The summed E-state index contributed by atoms with van der Waals surface area (Å²) in [5.74, 6) is -1.50. The minimum Gasteiger partial charge on any atom is -0.476 e. The second-order valence-corrected chi connectivity index (χ2v) is 4.34. The third-order valence-corrected chi connectivity index (χ3v) is 3.01. The van der Waals surface area contributed by atoms with E-state index in [0.717, 1.165) is 12.0 Å². The molecule has 0 spiro atoms. The summed E-state index contributed by atoms with van der Waals surface area (Å²) < 4.78 is 1.21. The Morgan fingerprint density at radius 3 is 2.50 bits per heavy atom. The number of hydrogen-bond acceptors (Lipinski definition) is 3. The SMILES string of the molecule is CCc1ccc(C(=O)Nc2cnn(C)c2C(=O)O)cc1. The molecule has 0 aliphatic heterocycles. The number of aromatic nitrogens is 2. The second-order valence-electron chi connectivity index (χ2n) is 4.34. The van der Waals surface area contributed by atoms with Gasteiger partial charge in [0.2, 0.25) is 0 Å². The summed E-state index contributed by atoms with van der Waals surface area (Å²) in [6.07, 6.45) is 2.22. The highest BCUT2D eigenvalue weighted by atomic mass is 16.4. The van der Waals surface area contributed by atoms with E-state index >= 15 is 0 Å². The topological polar surface area (TPSA) is 84.2 Å². The first kappa shape index (κ1) is 13.8. The van der Waals surface area contributed by atoms with E-state index in [1.807, 2.05) is 19.1 Å². The Kier molecular flexibility index (Phi) is 3.84. The Balaban J connectivity index is 2.21. The van der Waals surface area contributed by atoms with Crippen LogP contribution in [0.4, 0.5) is 5.69 Å². The van der Waals surface area contributed by atoms with Crippen LogP contribution < -0.4 is 5.32 Å². The van der Waals surface area contributed by atoms with Gasteiger partial charge in [-0.05, 0) is 24.1 Å². The molecule has 1 aromatic heterocycles. The largest absolute Gasteiger partial charge is 0.476 e. The van der Waals surface area contributed by atoms with E-state index in [2.05, 4.69) is 10.4 Å². The van der Waals surface area contributed by atoms with E-state index < -0.39 is 5.97 Å². The predicted molar refractivity (Wildman–Crippen MR) is 73.9 cm³/mol. The second kappa shape index (κ2) is 5.56. The molecule has 6 heteroatoms. The van der Waals surface area contributed by atoms with Crippen molar-refractivity contribution in [2.45, 2.75) is 13.3 Å². The summed E-state index contributed by atoms with van der Waals surface area (Å²) in [5, 5.41) is 15.5. The van der Waals surface area contributed by atoms with Gasteiger partial charge < -0.3 is 10.4 Å².